The number of hydrogen-bond donors (Lipinski definition) is 0. The Labute approximate surface area is 181 Å². The summed E-state index contributed by atoms with van der Waals surface area (Å²) in [4.78, 5) is 14.6. The SMILES string of the molecule is COc1cccc(N2C(=O)C(C)[C@@H]2c2ccc(OC)c(O[Si](C)(C)C(C)(C)C)c2)c1. The molecule has 1 aliphatic heterocycles. The van der Waals surface area contributed by atoms with Gasteiger partial charge in [0.1, 0.15) is 11.5 Å². The Hall–Kier alpha value is -2.47. The van der Waals surface area contributed by atoms with E-state index in [9.17, 15) is 4.79 Å². The summed E-state index contributed by atoms with van der Waals surface area (Å²) in [6.45, 7) is 13.1. The molecule has 6 heteroatoms. The number of ether oxygens (including phenoxy) is 2. The minimum absolute atomic E-state index is 0.0581. The summed E-state index contributed by atoms with van der Waals surface area (Å²) in [5.41, 5.74) is 1.88. The molecule has 1 saturated heterocycles. The molecule has 1 fully saturated rings. The zero-order valence-electron chi connectivity index (χ0n) is 19.3. The maximum atomic E-state index is 12.7. The molecule has 0 N–H and O–H groups in total. The number of β-lactam (4-membered cyclic amide) rings is 1. The van der Waals surface area contributed by atoms with Gasteiger partial charge in [0.05, 0.1) is 26.2 Å². The third kappa shape index (κ3) is 3.93. The molecule has 0 spiro atoms. The van der Waals surface area contributed by atoms with Crippen molar-refractivity contribution in [3.8, 4) is 17.2 Å². The van der Waals surface area contributed by atoms with Crippen molar-refractivity contribution in [2.75, 3.05) is 19.1 Å². The van der Waals surface area contributed by atoms with Crippen molar-refractivity contribution in [3.63, 3.8) is 0 Å². The molecular formula is C24H33NO4Si. The maximum Gasteiger partial charge on any atom is 0.250 e. The fraction of sp³-hybridized carbons (Fsp3) is 0.458. The number of carbonyl (C=O) groups is 1. The van der Waals surface area contributed by atoms with Crippen LogP contribution in [0.15, 0.2) is 42.5 Å². The molecule has 0 saturated carbocycles. The van der Waals surface area contributed by atoms with Crippen LogP contribution in [0, 0.1) is 5.92 Å². The fourth-order valence-corrected chi connectivity index (χ4v) is 4.52. The van der Waals surface area contributed by atoms with Gasteiger partial charge in [-0.15, -0.1) is 0 Å². The summed E-state index contributed by atoms with van der Waals surface area (Å²) >= 11 is 0. The van der Waals surface area contributed by atoms with Crippen molar-refractivity contribution in [2.45, 2.75) is 51.9 Å². The minimum atomic E-state index is -2.04. The molecule has 1 amide bonds. The number of hydrogen-bond acceptors (Lipinski definition) is 4. The van der Waals surface area contributed by atoms with Crippen LogP contribution in [0.4, 0.5) is 5.69 Å². The van der Waals surface area contributed by atoms with E-state index in [1.54, 1.807) is 14.2 Å². The van der Waals surface area contributed by atoms with E-state index in [0.29, 0.717) is 0 Å². The predicted octanol–water partition coefficient (Wildman–Crippen LogP) is 5.81. The molecule has 5 nitrogen and oxygen atoms in total. The van der Waals surface area contributed by atoms with E-state index >= 15 is 0 Å². The number of amides is 1. The Morgan fingerprint density at radius 3 is 2.27 bits per heavy atom. The third-order valence-electron chi connectivity index (χ3n) is 6.41. The van der Waals surface area contributed by atoms with Gasteiger partial charge in [-0.1, -0.05) is 39.8 Å². The van der Waals surface area contributed by atoms with Crippen molar-refractivity contribution in [3.05, 3.63) is 48.0 Å². The van der Waals surface area contributed by atoms with Gasteiger partial charge in [-0.25, -0.2) is 0 Å². The minimum Gasteiger partial charge on any atom is -0.541 e. The third-order valence-corrected chi connectivity index (χ3v) is 10.8. The molecule has 1 aliphatic rings. The van der Waals surface area contributed by atoms with Crippen LogP contribution in [0.25, 0.3) is 0 Å². The van der Waals surface area contributed by atoms with E-state index < -0.39 is 8.32 Å². The van der Waals surface area contributed by atoms with Crippen LogP contribution in [0.1, 0.15) is 39.3 Å². The molecule has 2 aromatic carbocycles. The van der Waals surface area contributed by atoms with Gasteiger partial charge in [0.2, 0.25) is 5.91 Å². The smallest absolute Gasteiger partial charge is 0.250 e. The zero-order chi connectivity index (χ0) is 22.3. The lowest BCUT2D eigenvalue weighted by Crippen LogP contribution is -2.54. The highest BCUT2D eigenvalue weighted by atomic mass is 28.4. The molecule has 0 aliphatic carbocycles. The highest BCUT2D eigenvalue weighted by molar-refractivity contribution is 6.74. The van der Waals surface area contributed by atoms with Crippen LogP contribution >= 0.6 is 0 Å². The van der Waals surface area contributed by atoms with Gasteiger partial charge in [-0.2, -0.15) is 0 Å². The predicted molar refractivity (Wildman–Crippen MR) is 123 cm³/mol. The van der Waals surface area contributed by atoms with Crippen LogP contribution in [0.3, 0.4) is 0 Å². The number of nitrogens with zero attached hydrogens (tertiary/aromatic N) is 1. The van der Waals surface area contributed by atoms with Crippen LogP contribution in [0.5, 0.6) is 17.2 Å². The normalized spacial score (nSPS) is 19.3. The molecule has 1 unspecified atom stereocenters. The van der Waals surface area contributed by atoms with Gasteiger partial charge >= 0.3 is 0 Å². The summed E-state index contributed by atoms with van der Waals surface area (Å²) in [6.07, 6.45) is 0. The molecule has 0 bridgehead atoms. The van der Waals surface area contributed by atoms with Gasteiger partial charge < -0.3 is 18.8 Å². The van der Waals surface area contributed by atoms with Crippen molar-refractivity contribution >= 4 is 19.9 Å². The van der Waals surface area contributed by atoms with Gasteiger partial charge in [0, 0.05) is 11.8 Å². The summed E-state index contributed by atoms with van der Waals surface area (Å²) in [5, 5.41) is 0.0698. The van der Waals surface area contributed by atoms with Gasteiger partial charge in [-0.3, -0.25) is 4.79 Å². The number of rotatable bonds is 6. The number of anilines is 1. The topological polar surface area (TPSA) is 48.0 Å². The van der Waals surface area contributed by atoms with E-state index in [-0.39, 0.29) is 22.9 Å². The summed E-state index contributed by atoms with van der Waals surface area (Å²) in [6, 6.07) is 13.6. The summed E-state index contributed by atoms with van der Waals surface area (Å²) in [5.74, 6) is 2.20. The first-order valence-corrected chi connectivity index (χ1v) is 13.2. The van der Waals surface area contributed by atoms with Crippen molar-refractivity contribution in [1.82, 2.24) is 0 Å². The molecule has 0 radical (unpaired) electrons. The molecule has 162 valence electrons. The van der Waals surface area contributed by atoms with Crippen molar-refractivity contribution in [2.24, 2.45) is 5.92 Å². The second kappa shape index (κ2) is 7.98. The quantitative estimate of drug-likeness (QED) is 0.431. The highest BCUT2D eigenvalue weighted by Crippen LogP contribution is 2.47. The standard InChI is InChI=1S/C24H33NO4Si/c1-16-22(25(23(16)26)18-10-9-11-19(15-18)27-5)17-12-13-20(28-6)21(14-17)29-30(7,8)24(2,3)4/h9-16,22H,1-8H3/t16?,22-/m1/s1. The van der Waals surface area contributed by atoms with Crippen LogP contribution in [-0.4, -0.2) is 28.4 Å². The second-order valence-electron chi connectivity index (χ2n) is 9.42. The molecule has 30 heavy (non-hydrogen) atoms. The van der Waals surface area contributed by atoms with E-state index in [4.69, 9.17) is 13.9 Å². The zero-order valence-corrected chi connectivity index (χ0v) is 20.3. The average Bonchev–Trinajstić information content (AvgIpc) is 2.70. The Balaban J connectivity index is 1.99. The fourth-order valence-electron chi connectivity index (χ4n) is 3.50. The van der Waals surface area contributed by atoms with Gasteiger partial charge in [0.25, 0.3) is 8.32 Å². The van der Waals surface area contributed by atoms with Crippen LogP contribution in [0.2, 0.25) is 18.1 Å². The lowest BCUT2D eigenvalue weighted by atomic mass is 9.83. The van der Waals surface area contributed by atoms with E-state index in [1.165, 1.54) is 0 Å². The summed E-state index contributed by atoms with van der Waals surface area (Å²) in [7, 11) is 1.24. The molecule has 3 rings (SSSR count). The van der Waals surface area contributed by atoms with E-state index in [2.05, 4.69) is 33.9 Å². The molecule has 0 aromatic heterocycles. The number of benzene rings is 2. The van der Waals surface area contributed by atoms with Crippen molar-refractivity contribution in [1.29, 1.82) is 0 Å². The first kappa shape index (κ1) is 22.2. The first-order chi connectivity index (χ1) is 14.0. The van der Waals surface area contributed by atoms with Gasteiger partial charge in [0.15, 0.2) is 5.75 Å². The Morgan fingerprint density at radius 1 is 0.967 bits per heavy atom. The van der Waals surface area contributed by atoms with Crippen LogP contribution < -0.4 is 18.8 Å². The average molecular weight is 428 g/mol. The lowest BCUT2D eigenvalue weighted by Gasteiger charge is -2.46. The second-order valence-corrected chi connectivity index (χ2v) is 14.1. The molecule has 2 atom stereocenters. The molecule has 1 heterocycles. The first-order valence-electron chi connectivity index (χ1n) is 10.3. The lowest BCUT2D eigenvalue weighted by molar-refractivity contribution is -0.129. The number of methoxy groups -OCH3 is 2. The van der Waals surface area contributed by atoms with Crippen LogP contribution in [-0.2, 0) is 4.79 Å². The number of carbonyl (C=O) groups excluding carboxylic acids is 1. The summed E-state index contributed by atoms with van der Waals surface area (Å²) < 4.78 is 17.5. The monoisotopic (exact) mass is 427 g/mol. The maximum absolute atomic E-state index is 12.7. The van der Waals surface area contributed by atoms with E-state index in [1.807, 2.05) is 54.3 Å². The highest BCUT2D eigenvalue weighted by Gasteiger charge is 2.46. The molecular weight excluding hydrogens is 394 g/mol. The van der Waals surface area contributed by atoms with Crippen molar-refractivity contribution < 1.29 is 18.7 Å². The molecule has 2 aromatic rings. The Morgan fingerprint density at radius 2 is 1.67 bits per heavy atom. The Kier molecular flexibility index (Phi) is 5.91. The largest absolute Gasteiger partial charge is 0.541 e. The Bertz CT molecular complexity index is 935. The van der Waals surface area contributed by atoms with Gasteiger partial charge in [-0.05, 0) is 48.0 Å². The van der Waals surface area contributed by atoms with E-state index in [0.717, 1.165) is 28.5 Å².